The predicted octanol–water partition coefficient (Wildman–Crippen LogP) is 0.376. The number of carbonyl (C=O) groups excluding carboxylic acids is 2. The minimum absolute atomic E-state index is 0.0495. The smallest absolute Gasteiger partial charge is 0.338 e. The van der Waals surface area contributed by atoms with E-state index in [0.29, 0.717) is 12.1 Å². The zero-order valence-corrected chi connectivity index (χ0v) is 20.1. The van der Waals surface area contributed by atoms with Crippen molar-refractivity contribution in [3.05, 3.63) is 44.6 Å². The summed E-state index contributed by atoms with van der Waals surface area (Å²) in [5, 5.41) is 8.02. The molecular weight excluding hydrogens is 458 g/mol. The van der Waals surface area contributed by atoms with E-state index in [1.807, 2.05) is 20.8 Å². The summed E-state index contributed by atoms with van der Waals surface area (Å²) >= 11 is 0. The van der Waals surface area contributed by atoms with Crippen LogP contribution in [0.2, 0.25) is 0 Å². The standard InChI is InChI=1S/C22H29N7O6/c1-5-29-16-7-6-14(10-15(16)25-26-29)21(32)35-12-17(30)27(8-9-34-4)18-19(23)28(11-13(2)3)22(33)24-20(18)31/h6-7,10,13H,5,8-9,11-12,23H2,1-4H3,(H,24,31,33). The van der Waals surface area contributed by atoms with Gasteiger partial charge in [-0.2, -0.15) is 0 Å². The van der Waals surface area contributed by atoms with E-state index < -0.39 is 29.7 Å². The molecule has 0 aliphatic carbocycles. The van der Waals surface area contributed by atoms with Crippen molar-refractivity contribution < 1.29 is 19.1 Å². The SMILES string of the molecule is CCn1nnc2cc(C(=O)OCC(=O)N(CCOC)c3c(N)n(CC(C)C)c(=O)[nH]c3=O)ccc21. The Bertz CT molecular complexity index is 1340. The van der Waals surface area contributed by atoms with Gasteiger partial charge < -0.3 is 15.2 Å². The van der Waals surface area contributed by atoms with E-state index in [-0.39, 0.29) is 42.7 Å². The molecule has 35 heavy (non-hydrogen) atoms. The molecular formula is C22H29N7O6. The first-order chi connectivity index (χ1) is 16.7. The molecule has 1 aromatic carbocycles. The lowest BCUT2D eigenvalue weighted by Crippen LogP contribution is -2.44. The molecule has 0 saturated heterocycles. The lowest BCUT2D eigenvalue weighted by Gasteiger charge is -2.24. The minimum Gasteiger partial charge on any atom is -0.452 e. The molecule has 0 aliphatic heterocycles. The Labute approximate surface area is 200 Å². The molecule has 0 unspecified atom stereocenters. The lowest BCUT2D eigenvalue weighted by atomic mass is 10.2. The van der Waals surface area contributed by atoms with Gasteiger partial charge in [0.05, 0.1) is 17.7 Å². The van der Waals surface area contributed by atoms with Crippen LogP contribution < -0.4 is 21.9 Å². The van der Waals surface area contributed by atoms with Gasteiger partial charge in [0, 0.05) is 26.7 Å². The maximum atomic E-state index is 13.0. The fourth-order valence-corrected chi connectivity index (χ4v) is 3.55. The first-order valence-electron chi connectivity index (χ1n) is 11.1. The van der Waals surface area contributed by atoms with E-state index in [1.165, 1.54) is 17.7 Å². The van der Waals surface area contributed by atoms with Gasteiger partial charge in [0.2, 0.25) is 0 Å². The highest BCUT2D eigenvalue weighted by molar-refractivity contribution is 5.99. The monoisotopic (exact) mass is 487 g/mol. The number of methoxy groups -OCH3 is 1. The number of hydrogen-bond donors (Lipinski definition) is 2. The van der Waals surface area contributed by atoms with Gasteiger partial charge >= 0.3 is 11.7 Å². The molecule has 0 radical (unpaired) electrons. The lowest BCUT2D eigenvalue weighted by molar-refractivity contribution is -0.121. The molecule has 13 heteroatoms. The number of anilines is 2. The number of amides is 1. The van der Waals surface area contributed by atoms with Crippen molar-refractivity contribution in [1.82, 2.24) is 24.5 Å². The number of nitrogens with two attached hydrogens (primary N) is 1. The second-order valence-corrected chi connectivity index (χ2v) is 8.22. The van der Waals surface area contributed by atoms with Gasteiger partial charge in [0.15, 0.2) is 12.3 Å². The van der Waals surface area contributed by atoms with Crippen molar-refractivity contribution in [1.29, 1.82) is 0 Å². The number of carbonyl (C=O) groups is 2. The first-order valence-corrected chi connectivity index (χ1v) is 11.1. The van der Waals surface area contributed by atoms with Crippen molar-refractivity contribution in [2.45, 2.75) is 33.9 Å². The number of rotatable bonds is 10. The average Bonchev–Trinajstić information content (AvgIpc) is 3.24. The minimum atomic E-state index is -0.826. The third kappa shape index (κ3) is 5.57. The Balaban J connectivity index is 1.84. The number of H-pyrrole nitrogens is 1. The van der Waals surface area contributed by atoms with Gasteiger partial charge in [-0.25, -0.2) is 14.3 Å². The molecule has 0 aliphatic rings. The summed E-state index contributed by atoms with van der Waals surface area (Å²) in [5.74, 6) is -1.56. The van der Waals surface area contributed by atoms with Gasteiger partial charge in [-0.3, -0.25) is 24.0 Å². The van der Waals surface area contributed by atoms with E-state index in [1.54, 1.807) is 16.8 Å². The van der Waals surface area contributed by atoms with Crippen LogP contribution in [-0.4, -0.2) is 63.3 Å². The molecule has 2 heterocycles. The van der Waals surface area contributed by atoms with Gasteiger partial charge in [-0.1, -0.05) is 19.1 Å². The van der Waals surface area contributed by atoms with Crippen LogP contribution in [0.25, 0.3) is 11.0 Å². The van der Waals surface area contributed by atoms with Crippen molar-refractivity contribution in [2.24, 2.45) is 5.92 Å². The van der Waals surface area contributed by atoms with E-state index >= 15 is 0 Å². The van der Waals surface area contributed by atoms with Gasteiger partial charge in [0.1, 0.15) is 11.3 Å². The van der Waals surface area contributed by atoms with Crippen LogP contribution in [0, 0.1) is 5.92 Å². The second kappa shape index (κ2) is 11.0. The number of aromatic nitrogens is 5. The number of aromatic amines is 1. The van der Waals surface area contributed by atoms with E-state index in [9.17, 15) is 19.2 Å². The van der Waals surface area contributed by atoms with Gasteiger partial charge in [-0.15, -0.1) is 5.10 Å². The summed E-state index contributed by atoms with van der Waals surface area (Å²) in [4.78, 5) is 53.7. The highest BCUT2D eigenvalue weighted by atomic mass is 16.5. The Morgan fingerprint density at radius 1 is 1.26 bits per heavy atom. The summed E-state index contributed by atoms with van der Waals surface area (Å²) in [7, 11) is 1.43. The number of esters is 1. The zero-order chi connectivity index (χ0) is 25.7. The molecule has 2 aromatic heterocycles. The first kappa shape index (κ1) is 25.6. The number of benzene rings is 1. The third-order valence-electron chi connectivity index (χ3n) is 5.23. The normalized spacial score (nSPS) is 11.2. The number of fused-ring (bicyclic) bond motifs is 1. The van der Waals surface area contributed by atoms with Crippen LogP contribution in [0.1, 0.15) is 31.1 Å². The zero-order valence-electron chi connectivity index (χ0n) is 20.1. The Hall–Kier alpha value is -4.00. The van der Waals surface area contributed by atoms with Crippen LogP contribution in [0.5, 0.6) is 0 Å². The van der Waals surface area contributed by atoms with Crippen molar-refractivity contribution in [2.75, 3.05) is 37.5 Å². The van der Waals surface area contributed by atoms with Gasteiger partial charge in [-0.05, 0) is 31.0 Å². The number of ether oxygens (including phenoxy) is 2. The third-order valence-corrected chi connectivity index (χ3v) is 5.23. The molecule has 1 amide bonds. The molecule has 3 rings (SSSR count). The quantitative estimate of drug-likeness (QED) is 0.384. The number of aryl methyl sites for hydroxylation is 1. The van der Waals surface area contributed by atoms with Gasteiger partial charge in [0.25, 0.3) is 11.5 Å². The summed E-state index contributed by atoms with van der Waals surface area (Å²) in [5.41, 5.74) is 5.90. The Morgan fingerprint density at radius 3 is 2.66 bits per heavy atom. The summed E-state index contributed by atoms with van der Waals surface area (Å²) in [6, 6.07) is 4.77. The second-order valence-electron chi connectivity index (χ2n) is 8.22. The van der Waals surface area contributed by atoms with Crippen molar-refractivity contribution in [3.63, 3.8) is 0 Å². The van der Waals surface area contributed by atoms with E-state index in [0.717, 1.165) is 10.4 Å². The molecule has 0 atom stereocenters. The fraction of sp³-hybridized carbons (Fsp3) is 0.455. The molecule has 0 fully saturated rings. The molecule has 0 saturated carbocycles. The highest BCUT2D eigenvalue weighted by Gasteiger charge is 2.25. The van der Waals surface area contributed by atoms with Crippen molar-refractivity contribution in [3.8, 4) is 0 Å². The number of nitrogens with zero attached hydrogens (tertiary/aromatic N) is 5. The fourth-order valence-electron chi connectivity index (χ4n) is 3.55. The van der Waals surface area contributed by atoms with E-state index in [4.69, 9.17) is 15.2 Å². The summed E-state index contributed by atoms with van der Waals surface area (Å²) in [6.07, 6.45) is 0. The molecule has 13 nitrogen and oxygen atoms in total. The molecule has 0 spiro atoms. The number of nitrogens with one attached hydrogen (secondary N) is 1. The Morgan fingerprint density at radius 2 is 2.00 bits per heavy atom. The van der Waals surface area contributed by atoms with Crippen LogP contribution in [-0.2, 0) is 27.4 Å². The maximum absolute atomic E-state index is 13.0. The predicted molar refractivity (Wildman–Crippen MR) is 128 cm³/mol. The van der Waals surface area contributed by atoms with Crippen LogP contribution in [0.4, 0.5) is 11.5 Å². The molecule has 3 aromatic rings. The molecule has 188 valence electrons. The van der Waals surface area contributed by atoms with Crippen molar-refractivity contribution >= 4 is 34.4 Å². The topological polar surface area (TPSA) is 167 Å². The van der Waals surface area contributed by atoms with E-state index in [2.05, 4.69) is 15.3 Å². The van der Waals surface area contributed by atoms with Crippen LogP contribution in [0.15, 0.2) is 27.8 Å². The van der Waals surface area contributed by atoms with Crippen LogP contribution >= 0.6 is 0 Å². The average molecular weight is 488 g/mol. The molecule has 3 N–H and O–H groups in total. The number of nitrogen functional groups attached to an aromatic ring is 1. The summed E-state index contributed by atoms with van der Waals surface area (Å²) < 4.78 is 13.1. The van der Waals surface area contributed by atoms with Crippen LogP contribution in [0.3, 0.4) is 0 Å². The largest absolute Gasteiger partial charge is 0.452 e. The Kier molecular flexibility index (Phi) is 8.02. The number of hydrogen-bond acceptors (Lipinski definition) is 9. The highest BCUT2D eigenvalue weighted by Crippen LogP contribution is 2.19. The maximum Gasteiger partial charge on any atom is 0.338 e. The molecule has 0 bridgehead atoms. The summed E-state index contributed by atoms with van der Waals surface area (Å²) in [6.45, 7) is 5.90.